The van der Waals surface area contributed by atoms with Gasteiger partial charge in [-0.2, -0.15) is 0 Å². The molecule has 21 heavy (non-hydrogen) atoms. The fourth-order valence-electron chi connectivity index (χ4n) is 2.14. The van der Waals surface area contributed by atoms with Crippen LogP contribution in [0.1, 0.15) is 0 Å². The van der Waals surface area contributed by atoms with Gasteiger partial charge in [-0.15, -0.1) is 13.2 Å². The van der Waals surface area contributed by atoms with E-state index in [1.54, 1.807) is 35.2 Å². The van der Waals surface area contributed by atoms with Crippen molar-refractivity contribution in [3.63, 3.8) is 0 Å². The fraction of sp³-hybridized carbons (Fsp3) is 0.0714. The summed E-state index contributed by atoms with van der Waals surface area (Å²) in [7, 11) is 0. The van der Waals surface area contributed by atoms with E-state index in [0.29, 0.717) is 11.5 Å². The predicted octanol–water partition coefficient (Wildman–Crippen LogP) is 3.51. The number of aromatic nitrogens is 2. The number of ether oxygens (including phenoxy) is 1. The summed E-state index contributed by atoms with van der Waals surface area (Å²) >= 11 is 0. The number of fused-ring (bicyclic) bond motifs is 1. The molecule has 0 aliphatic rings. The molecule has 2 heterocycles. The van der Waals surface area contributed by atoms with Crippen molar-refractivity contribution < 1.29 is 17.9 Å². The third-order valence-electron chi connectivity index (χ3n) is 2.98. The monoisotopic (exact) mass is 293 g/mol. The van der Waals surface area contributed by atoms with Gasteiger partial charge in [0.1, 0.15) is 11.6 Å². The van der Waals surface area contributed by atoms with E-state index in [4.69, 9.17) is 5.73 Å². The molecule has 0 radical (unpaired) electrons. The lowest BCUT2D eigenvalue weighted by atomic mass is 10.2. The molecule has 0 fully saturated rings. The predicted molar refractivity (Wildman–Crippen MR) is 72.2 cm³/mol. The van der Waals surface area contributed by atoms with Crippen molar-refractivity contribution in [2.24, 2.45) is 0 Å². The number of halogens is 3. The second kappa shape index (κ2) is 4.69. The highest BCUT2D eigenvalue weighted by atomic mass is 19.4. The van der Waals surface area contributed by atoms with Crippen molar-refractivity contribution in [3.8, 4) is 11.4 Å². The van der Waals surface area contributed by atoms with Crippen LogP contribution in [-0.4, -0.2) is 15.9 Å². The number of nitrogen functional groups attached to an aromatic ring is 1. The maximum Gasteiger partial charge on any atom is 0.573 e. The zero-order valence-corrected chi connectivity index (χ0v) is 10.6. The van der Waals surface area contributed by atoms with E-state index >= 15 is 0 Å². The maximum atomic E-state index is 12.3. The number of nitrogens with two attached hydrogens (primary N) is 1. The zero-order chi connectivity index (χ0) is 15.0. The molecule has 3 rings (SSSR count). The molecule has 2 aromatic heterocycles. The van der Waals surface area contributed by atoms with E-state index in [1.165, 1.54) is 18.2 Å². The molecule has 0 spiro atoms. The van der Waals surface area contributed by atoms with Gasteiger partial charge in [0.25, 0.3) is 0 Å². The van der Waals surface area contributed by atoms with Crippen LogP contribution in [0, 0.1) is 0 Å². The van der Waals surface area contributed by atoms with Crippen LogP contribution in [-0.2, 0) is 0 Å². The Kier molecular flexibility index (Phi) is 2.97. The molecule has 0 saturated heterocycles. The first-order valence-corrected chi connectivity index (χ1v) is 6.02. The molecule has 1 aromatic carbocycles. The number of benzene rings is 1. The Bertz CT molecular complexity index is 796. The molecule has 0 aliphatic heterocycles. The van der Waals surface area contributed by atoms with Gasteiger partial charge in [-0.25, -0.2) is 4.98 Å². The number of pyridine rings is 1. The Balaban J connectivity index is 2.07. The lowest BCUT2D eigenvalue weighted by Crippen LogP contribution is -2.17. The molecular weight excluding hydrogens is 283 g/mol. The van der Waals surface area contributed by atoms with Crippen molar-refractivity contribution in [3.05, 3.63) is 48.8 Å². The second-order valence-corrected chi connectivity index (χ2v) is 4.36. The number of alkyl halides is 3. The SMILES string of the molecule is Nc1nccc2c1ccn2-c1cccc(OC(F)(F)F)c1. The van der Waals surface area contributed by atoms with Gasteiger partial charge in [-0.1, -0.05) is 6.07 Å². The third-order valence-corrected chi connectivity index (χ3v) is 2.98. The Morgan fingerprint density at radius 1 is 1.14 bits per heavy atom. The van der Waals surface area contributed by atoms with Gasteiger partial charge < -0.3 is 15.0 Å². The van der Waals surface area contributed by atoms with E-state index in [0.717, 1.165) is 10.9 Å². The molecule has 2 N–H and O–H groups in total. The minimum absolute atomic E-state index is 0.274. The number of hydrogen-bond donors (Lipinski definition) is 1. The summed E-state index contributed by atoms with van der Waals surface area (Å²) in [6.07, 6.45) is -1.45. The molecule has 3 aromatic rings. The molecule has 0 bridgehead atoms. The lowest BCUT2D eigenvalue weighted by Gasteiger charge is -2.11. The largest absolute Gasteiger partial charge is 0.573 e. The third kappa shape index (κ3) is 2.62. The molecule has 4 nitrogen and oxygen atoms in total. The van der Waals surface area contributed by atoms with Crippen LogP contribution in [0.15, 0.2) is 48.8 Å². The Morgan fingerprint density at radius 3 is 2.71 bits per heavy atom. The van der Waals surface area contributed by atoms with Gasteiger partial charge in [0.2, 0.25) is 0 Å². The van der Waals surface area contributed by atoms with E-state index in [-0.39, 0.29) is 5.75 Å². The van der Waals surface area contributed by atoms with Crippen LogP contribution in [0.3, 0.4) is 0 Å². The summed E-state index contributed by atoms with van der Waals surface area (Å²) in [4.78, 5) is 3.97. The van der Waals surface area contributed by atoms with Gasteiger partial charge in [0.05, 0.1) is 5.52 Å². The summed E-state index contributed by atoms with van der Waals surface area (Å²) in [6.45, 7) is 0. The first-order valence-electron chi connectivity index (χ1n) is 6.02. The topological polar surface area (TPSA) is 53.1 Å². The highest BCUT2D eigenvalue weighted by molar-refractivity contribution is 5.90. The maximum absolute atomic E-state index is 12.3. The average molecular weight is 293 g/mol. The molecule has 0 unspecified atom stereocenters. The number of anilines is 1. The summed E-state index contributed by atoms with van der Waals surface area (Å²) < 4.78 is 42.4. The Hall–Kier alpha value is -2.70. The molecule has 0 saturated carbocycles. The van der Waals surface area contributed by atoms with Crippen LogP contribution in [0.5, 0.6) is 5.75 Å². The molecular formula is C14H10F3N3O. The normalized spacial score (nSPS) is 11.8. The van der Waals surface area contributed by atoms with Gasteiger partial charge in [-0.05, 0) is 24.3 Å². The second-order valence-electron chi connectivity index (χ2n) is 4.36. The number of rotatable bonds is 2. The quantitative estimate of drug-likeness (QED) is 0.786. The summed E-state index contributed by atoms with van der Waals surface area (Å²) in [5, 5.41) is 0.736. The van der Waals surface area contributed by atoms with Crippen LogP contribution in [0.4, 0.5) is 19.0 Å². The van der Waals surface area contributed by atoms with Crippen LogP contribution < -0.4 is 10.5 Å². The molecule has 0 aliphatic carbocycles. The summed E-state index contributed by atoms with van der Waals surface area (Å²) in [6, 6.07) is 9.23. The van der Waals surface area contributed by atoms with Crippen LogP contribution in [0.2, 0.25) is 0 Å². The van der Waals surface area contributed by atoms with Crippen molar-refractivity contribution >= 4 is 16.7 Å². The minimum atomic E-state index is -4.72. The Morgan fingerprint density at radius 2 is 1.95 bits per heavy atom. The highest BCUT2D eigenvalue weighted by Crippen LogP contribution is 2.27. The van der Waals surface area contributed by atoms with Crippen LogP contribution >= 0.6 is 0 Å². The minimum Gasteiger partial charge on any atom is -0.406 e. The van der Waals surface area contributed by atoms with Gasteiger partial charge >= 0.3 is 6.36 Å². The average Bonchev–Trinajstić information content (AvgIpc) is 2.82. The summed E-state index contributed by atoms with van der Waals surface area (Å²) in [5.41, 5.74) is 7.06. The van der Waals surface area contributed by atoms with Gasteiger partial charge in [-0.3, -0.25) is 0 Å². The van der Waals surface area contributed by atoms with Crippen LogP contribution in [0.25, 0.3) is 16.6 Å². The highest BCUT2D eigenvalue weighted by Gasteiger charge is 2.31. The first-order chi connectivity index (χ1) is 9.94. The van der Waals surface area contributed by atoms with Crippen molar-refractivity contribution in [1.29, 1.82) is 0 Å². The summed E-state index contributed by atoms with van der Waals surface area (Å²) in [5.74, 6) is 0.0952. The Labute approximate surface area is 117 Å². The molecule has 0 amide bonds. The molecule has 7 heteroatoms. The lowest BCUT2D eigenvalue weighted by molar-refractivity contribution is -0.274. The van der Waals surface area contributed by atoms with Crippen molar-refractivity contribution in [2.75, 3.05) is 5.73 Å². The molecule has 108 valence electrons. The smallest absolute Gasteiger partial charge is 0.406 e. The fourth-order valence-corrected chi connectivity index (χ4v) is 2.14. The number of nitrogens with zero attached hydrogens (tertiary/aromatic N) is 2. The standard InChI is InChI=1S/C14H10F3N3O/c15-14(16,17)21-10-3-1-2-9(8-10)20-7-5-11-12(20)4-6-19-13(11)18/h1-8H,(H2,18,19). The van der Waals surface area contributed by atoms with E-state index < -0.39 is 6.36 Å². The number of hydrogen-bond acceptors (Lipinski definition) is 3. The van der Waals surface area contributed by atoms with Crippen molar-refractivity contribution in [2.45, 2.75) is 6.36 Å². The first kappa shape index (κ1) is 13.3. The van der Waals surface area contributed by atoms with E-state index in [9.17, 15) is 13.2 Å². The molecule has 0 atom stereocenters. The van der Waals surface area contributed by atoms with Gasteiger partial charge in [0.15, 0.2) is 0 Å². The van der Waals surface area contributed by atoms with Gasteiger partial charge in [0, 0.05) is 29.5 Å². The zero-order valence-electron chi connectivity index (χ0n) is 10.6. The van der Waals surface area contributed by atoms with Crippen molar-refractivity contribution in [1.82, 2.24) is 9.55 Å². The van der Waals surface area contributed by atoms with E-state index in [2.05, 4.69) is 9.72 Å². The van der Waals surface area contributed by atoms with E-state index in [1.807, 2.05) is 0 Å².